The SMILES string of the molecule is CC(C)CONCCC(C)(C)C. The molecule has 0 radical (unpaired) electrons. The van der Waals surface area contributed by atoms with Gasteiger partial charge in [-0.15, -0.1) is 0 Å². The van der Waals surface area contributed by atoms with Gasteiger partial charge >= 0.3 is 0 Å². The van der Waals surface area contributed by atoms with Crippen molar-refractivity contribution < 1.29 is 4.84 Å². The Labute approximate surface area is 76.6 Å². The summed E-state index contributed by atoms with van der Waals surface area (Å²) in [6.07, 6.45) is 1.14. The van der Waals surface area contributed by atoms with Gasteiger partial charge in [-0.2, -0.15) is 0 Å². The van der Waals surface area contributed by atoms with Crippen LogP contribution in [0.15, 0.2) is 0 Å². The average Bonchev–Trinajstić information content (AvgIpc) is 1.83. The van der Waals surface area contributed by atoms with Crippen molar-refractivity contribution in [2.75, 3.05) is 13.2 Å². The lowest BCUT2D eigenvalue weighted by Gasteiger charge is -2.18. The standard InChI is InChI=1S/C10H23NO/c1-9(2)8-12-11-7-6-10(3,4)5/h9,11H,6-8H2,1-5H3. The molecular weight excluding hydrogens is 150 g/mol. The highest BCUT2D eigenvalue weighted by Crippen LogP contribution is 2.16. The van der Waals surface area contributed by atoms with Gasteiger partial charge < -0.3 is 4.84 Å². The summed E-state index contributed by atoms with van der Waals surface area (Å²) in [4.78, 5) is 5.24. The Kier molecular flexibility index (Phi) is 5.51. The van der Waals surface area contributed by atoms with Crippen LogP contribution in [0.3, 0.4) is 0 Å². The molecule has 0 bridgehead atoms. The molecule has 0 aliphatic heterocycles. The number of rotatable bonds is 5. The van der Waals surface area contributed by atoms with Crippen molar-refractivity contribution in [3.63, 3.8) is 0 Å². The van der Waals surface area contributed by atoms with Crippen LogP contribution in [0.2, 0.25) is 0 Å². The lowest BCUT2D eigenvalue weighted by atomic mass is 9.93. The minimum absolute atomic E-state index is 0.397. The van der Waals surface area contributed by atoms with Gasteiger partial charge in [0.05, 0.1) is 6.61 Å². The van der Waals surface area contributed by atoms with Crippen molar-refractivity contribution in [3.05, 3.63) is 0 Å². The molecule has 0 aliphatic carbocycles. The Balaban J connectivity index is 3.12. The molecule has 0 saturated carbocycles. The Morgan fingerprint density at radius 2 is 1.83 bits per heavy atom. The van der Waals surface area contributed by atoms with Crippen molar-refractivity contribution in [1.82, 2.24) is 5.48 Å². The maximum absolute atomic E-state index is 5.24. The van der Waals surface area contributed by atoms with Crippen LogP contribution in [0.4, 0.5) is 0 Å². The van der Waals surface area contributed by atoms with E-state index in [9.17, 15) is 0 Å². The quantitative estimate of drug-likeness (QED) is 0.509. The van der Waals surface area contributed by atoms with E-state index in [2.05, 4.69) is 40.1 Å². The molecule has 0 atom stereocenters. The van der Waals surface area contributed by atoms with Gasteiger partial charge in [-0.25, -0.2) is 5.48 Å². The summed E-state index contributed by atoms with van der Waals surface area (Å²) < 4.78 is 0. The van der Waals surface area contributed by atoms with Gasteiger partial charge in [-0.05, 0) is 17.8 Å². The molecule has 0 aliphatic rings. The number of nitrogens with one attached hydrogen (secondary N) is 1. The fraction of sp³-hybridized carbons (Fsp3) is 1.00. The van der Waals surface area contributed by atoms with Crippen molar-refractivity contribution >= 4 is 0 Å². The van der Waals surface area contributed by atoms with Crippen LogP contribution in [-0.4, -0.2) is 13.2 Å². The Morgan fingerprint density at radius 3 is 2.25 bits per heavy atom. The second-order valence-electron chi connectivity index (χ2n) is 4.91. The van der Waals surface area contributed by atoms with Crippen LogP contribution < -0.4 is 5.48 Å². The maximum atomic E-state index is 5.24. The van der Waals surface area contributed by atoms with E-state index in [1.165, 1.54) is 0 Å². The summed E-state index contributed by atoms with van der Waals surface area (Å²) in [6, 6.07) is 0. The smallest absolute Gasteiger partial charge is 0.0705 e. The Morgan fingerprint density at radius 1 is 1.25 bits per heavy atom. The number of hydrogen-bond acceptors (Lipinski definition) is 2. The van der Waals surface area contributed by atoms with Crippen LogP contribution in [-0.2, 0) is 4.84 Å². The minimum Gasteiger partial charge on any atom is -0.302 e. The summed E-state index contributed by atoms with van der Waals surface area (Å²) in [5.41, 5.74) is 3.37. The van der Waals surface area contributed by atoms with Crippen molar-refractivity contribution in [2.24, 2.45) is 11.3 Å². The fourth-order valence-electron chi connectivity index (χ4n) is 0.724. The summed E-state index contributed by atoms with van der Waals surface area (Å²) in [6.45, 7) is 12.7. The maximum Gasteiger partial charge on any atom is 0.0705 e. The van der Waals surface area contributed by atoms with Gasteiger partial charge in [-0.1, -0.05) is 34.6 Å². The van der Waals surface area contributed by atoms with Crippen LogP contribution in [0.25, 0.3) is 0 Å². The molecule has 0 heterocycles. The zero-order valence-corrected chi connectivity index (χ0v) is 9.11. The first-order valence-corrected chi connectivity index (χ1v) is 4.76. The van der Waals surface area contributed by atoms with Crippen molar-refractivity contribution in [3.8, 4) is 0 Å². The van der Waals surface area contributed by atoms with Crippen LogP contribution in [0.5, 0.6) is 0 Å². The molecular formula is C10H23NO. The fourth-order valence-corrected chi connectivity index (χ4v) is 0.724. The summed E-state index contributed by atoms with van der Waals surface area (Å²) >= 11 is 0. The van der Waals surface area contributed by atoms with Gasteiger partial charge in [0.1, 0.15) is 0 Å². The summed E-state index contributed by atoms with van der Waals surface area (Å²) in [7, 11) is 0. The Hall–Kier alpha value is -0.0800. The molecule has 2 nitrogen and oxygen atoms in total. The zero-order valence-electron chi connectivity index (χ0n) is 9.11. The van der Waals surface area contributed by atoms with E-state index in [0.717, 1.165) is 19.6 Å². The molecule has 74 valence electrons. The summed E-state index contributed by atoms with van der Waals surface area (Å²) in [5, 5.41) is 0. The van der Waals surface area contributed by atoms with Gasteiger partial charge in [0.2, 0.25) is 0 Å². The molecule has 0 spiro atoms. The third kappa shape index (κ3) is 9.92. The number of hydrogen-bond donors (Lipinski definition) is 1. The third-order valence-corrected chi connectivity index (χ3v) is 1.50. The predicted molar refractivity (Wildman–Crippen MR) is 52.9 cm³/mol. The van der Waals surface area contributed by atoms with E-state index in [0.29, 0.717) is 11.3 Å². The molecule has 2 heteroatoms. The first-order chi connectivity index (χ1) is 5.42. The molecule has 0 aromatic carbocycles. The molecule has 0 rings (SSSR count). The molecule has 0 amide bonds. The van der Waals surface area contributed by atoms with Gasteiger partial charge in [-0.3, -0.25) is 0 Å². The highest BCUT2D eigenvalue weighted by Gasteiger charge is 2.08. The summed E-state index contributed by atoms with van der Waals surface area (Å²) in [5.74, 6) is 0.604. The van der Waals surface area contributed by atoms with Gasteiger partial charge in [0, 0.05) is 6.54 Å². The predicted octanol–water partition coefficient (Wildman–Crippen LogP) is 2.60. The van der Waals surface area contributed by atoms with Crippen LogP contribution >= 0.6 is 0 Å². The normalized spacial score (nSPS) is 12.5. The lowest BCUT2D eigenvalue weighted by molar-refractivity contribution is 0.0191. The molecule has 0 aromatic heterocycles. The Bertz CT molecular complexity index is 105. The van der Waals surface area contributed by atoms with Gasteiger partial charge in [0.15, 0.2) is 0 Å². The third-order valence-electron chi connectivity index (χ3n) is 1.50. The van der Waals surface area contributed by atoms with E-state index >= 15 is 0 Å². The van der Waals surface area contributed by atoms with Crippen LogP contribution in [0.1, 0.15) is 41.0 Å². The van der Waals surface area contributed by atoms with Crippen molar-refractivity contribution in [1.29, 1.82) is 0 Å². The van der Waals surface area contributed by atoms with Gasteiger partial charge in [0.25, 0.3) is 0 Å². The molecule has 0 aromatic rings. The largest absolute Gasteiger partial charge is 0.302 e. The van der Waals surface area contributed by atoms with E-state index < -0.39 is 0 Å². The highest BCUT2D eigenvalue weighted by atomic mass is 16.6. The molecule has 12 heavy (non-hydrogen) atoms. The number of hydroxylamine groups is 1. The van der Waals surface area contributed by atoms with E-state index in [-0.39, 0.29) is 0 Å². The lowest BCUT2D eigenvalue weighted by Crippen LogP contribution is -2.22. The van der Waals surface area contributed by atoms with Crippen LogP contribution in [0, 0.1) is 11.3 Å². The molecule has 0 fully saturated rings. The zero-order chi connectivity index (χ0) is 9.61. The first kappa shape index (κ1) is 11.9. The monoisotopic (exact) mass is 173 g/mol. The van der Waals surface area contributed by atoms with E-state index in [1.807, 2.05) is 0 Å². The molecule has 0 saturated heterocycles. The van der Waals surface area contributed by atoms with Crippen molar-refractivity contribution in [2.45, 2.75) is 41.0 Å². The highest BCUT2D eigenvalue weighted by molar-refractivity contribution is 4.60. The average molecular weight is 173 g/mol. The van der Waals surface area contributed by atoms with E-state index in [4.69, 9.17) is 4.84 Å². The minimum atomic E-state index is 0.397. The second kappa shape index (κ2) is 5.55. The second-order valence-corrected chi connectivity index (χ2v) is 4.91. The molecule has 0 unspecified atom stereocenters. The van der Waals surface area contributed by atoms with E-state index in [1.54, 1.807) is 0 Å². The topological polar surface area (TPSA) is 21.3 Å². The first-order valence-electron chi connectivity index (χ1n) is 4.76. The molecule has 1 N–H and O–H groups in total.